The van der Waals surface area contributed by atoms with Crippen LogP contribution in [0.5, 0.6) is 5.75 Å². The maximum absolute atomic E-state index is 14.1. The Labute approximate surface area is 175 Å². The normalized spacial score (nSPS) is 11.2. The molecule has 0 spiro atoms. The van der Waals surface area contributed by atoms with E-state index in [-0.39, 0.29) is 17.4 Å². The summed E-state index contributed by atoms with van der Waals surface area (Å²) in [4.78, 5) is 0. The van der Waals surface area contributed by atoms with Crippen LogP contribution in [0.1, 0.15) is 18.1 Å². The zero-order chi connectivity index (χ0) is 22.1. The van der Waals surface area contributed by atoms with Gasteiger partial charge in [0.05, 0.1) is 0 Å². The third-order valence-corrected chi connectivity index (χ3v) is 5.11. The van der Waals surface area contributed by atoms with Gasteiger partial charge in [0.15, 0.2) is 34.8 Å². The fourth-order valence-electron chi connectivity index (χ4n) is 3.39. The number of halogens is 5. The third kappa shape index (κ3) is 4.10. The summed E-state index contributed by atoms with van der Waals surface area (Å²) in [6.45, 7) is 1.77. The van der Waals surface area contributed by atoms with E-state index in [9.17, 15) is 22.0 Å². The summed E-state index contributed by atoms with van der Waals surface area (Å²) < 4.78 is 74.3. The van der Waals surface area contributed by atoms with Gasteiger partial charge in [-0.3, -0.25) is 0 Å². The number of hydrogen-bond donors (Lipinski definition) is 0. The first-order chi connectivity index (χ1) is 14.9. The molecular formula is C25H17F5O. The maximum atomic E-state index is 14.1. The minimum Gasteiger partial charge on any atom is -0.483 e. The number of rotatable bonds is 5. The summed E-state index contributed by atoms with van der Waals surface area (Å²) in [7, 11) is 0. The first kappa shape index (κ1) is 20.8. The molecule has 0 unspecified atom stereocenters. The van der Waals surface area contributed by atoms with E-state index in [0.29, 0.717) is 23.1 Å². The molecule has 0 aromatic heterocycles. The number of aryl methyl sites for hydroxylation is 1. The van der Waals surface area contributed by atoms with Gasteiger partial charge in [-0.1, -0.05) is 43.3 Å². The Morgan fingerprint density at radius 2 is 1.29 bits per heavy atom. The van der Waals surface area contributed by atoms with E-state index >= 15 is 0 Å². The molecule has 0 fully saturated rings. The van der Waals surface area contributed by atoms with Crippen molar-refractivity contribution in [1.29, 1.82) is 0 Å². The molecule has 158 valence electrons. The zero-order valence-electron chi connectivity index (χ0n) is 16.5. The molecular weight excluding hydrogens is 411 g/mol. The van der Waals surface area contributed by atoms with Gasteiger partial charge in [-0.2, -0.15) is 0 Å². The van der Waals surface area contributed by atoms with Crippen molar-refractivity contribution < 1.29 is 26.7 Å². The monoisotopic (exact) mass is 428 g/mol. The fraction of sp³-hybridized carbons (Fsp3) is 0.120. The van der Waals surface area contributed by atoms with Crippen LogP contribution in [0, 0.1) is 29.1 Å². The van der Waals surface area contributed by atoms with E-state index in [1.54, 1.807) is 43.3 Å². The van der Waals surface area contributed by atoms with E-state index < -0.39 is 34.8 Å². The molecule has 0 aliphatic carbocycles. The van der Waals surface area contributed by atoms with Crippen molar-refractivity contribution in [2.24, 2.45) is 0 Å². The highest BCUT2D eigenvalue weighted by Gasteiger charge is 2.15. The zero-order valence-corrected chi connectivity index (χ0v) is 16.5. The van der Waals surface area contributed by atoms with Gasteiger partial charge >= 0.3 is 0 Å². The first-order valence-corrected chi connectivity index (χ1v) is 9.64. The summed E-state index contributed by atoms with van der Waals surface area (Å²) in [5.74, 6) is -5.89. The lowest BCUT2D eigenvalue weighted by molar-refractivity contribution is 0.274. The lowest BCUT2D eigenvalue weighted by atomic mass is 10.00. The number of fused-ring (bicyclic) bond motifs is 1. The van der Waals surface area contributed by atoms with Crippen LogP contribution >= 0.6 is 0 Å². The van der Waals surface area contributed by atoms with Crippen LogP contribution in [-0.2, 0) is 13.0 Å². The van der Waals surface area contributed by atoms with Crippen molar-refractivity contribution in [3.63, 3.8) is 0 Å². The lowest BCUT2D eigenvalue weighted by Crippen LogP contribution is -2.01. The van der Waals surface area contributed by atoms with Crippen LogP contribution in [0.2, 0.25) is 0 Å². The van der Waals surface area contributed by atoms with Crippen molar-refractivity contribution >= 4 is 10.8 Å². The molecule has 1 nitrogen and oxygen atoms in total. The van der Waals surface area contributed by atoms with Gasteiger partial charge in [0.1, 0.15) is 6.61 Å². The largest absolute Gasteiger partial charge is 0.483 e. The van der Waals surface area contributed by atoms with Crippen LogP contribution in [0.15, 0.2) is 60.7 Å². The Balaban J connectivity index is 1.54. The Morgan fingerprint density at radius 3 is 1.94 bits per heavy atom. The van der Waals surface area contributed by atoms with Gasteiger partial charge in [-0.25, -0.2) is 22.0 Å². The Hall–Kier alpha value is -3.41. The standard InChI is InChI=1S/C25H17F5O/c1-2-14-9-21(27)25(22(28)10-14)31-13-15-3-5-16(6-4-15)17-7-8-19-18(11-17)12-20(26)24(30)23(19)29/h3-12H,2,13H2,1H3. The van der Waals surface area contributed by atoms with Gasteiger partial charge in [0, 0.05) is 5.39 Å². The molecule has 0 saturated carbocycles. The molecule has 0 radical (unpaired) electrons. The lowest BCUT2D eigenvalue weighted by Gasteiger charge is -2.11. The molecule has 0 atom stereocenters. The Bertz CT molecular complexity index is 1240. The van der Waals surface area contributed by atoms with Gasteiger partial charge in [0.2, 0.25) is 0 Å². The van der Waals surface area contributed by atoms with Crippen molar-refractivity contribution in [3.05, 3.63) is 101 Å². The minimum absolute atomic E-state index is 0.00850. The summed E-state index contributed by atoms with van der Waals surface area (Å²) in [6, 6.07) is 15.0. The van der Waals surface area contributed by atoms with E-state index in [2.05, 4.69) is 0 Å². The fourth-order valence-corrected chi connectivity index (χ4v) is 3.39. The van der Waals surface area contributed by atoms with E-state index in [1.807, 2.05) is 0 Å². The molecule has 4 aromatic carbocycles. The quantitative estimate of drug-likeness (QED) is 0.239. The summed E-state index contributed by atoms with van der Waals surface area (Å²) in [5.41, 5.74) is 2.66. The van der Waals surface area contributed by atoms with Crippen LogP contribution < -0.4 is 4.74 Å². The average Bonchev–Trinajstić information content (AvgIpc) is 2.77. The average molecular weight is 428 g/mol. The molecule has 0 bridgehead atoms. The highest BCUT2D eigenvalue weighted by atomic mass is 19.2. The summed E-state index contributed by atoms with van der Waals surface area (Å²) in [5, 5.41) is 0.230. The predicted octanol–water partition coefficient (Wildman–Crippen LogP) is 7.34. The highest BCUT2D eigenvalue weighted by molar-refractivity contribution is 5.88. The molecule has 4 aromatic rings. The Morgan fingerprint density at radius 1 is 0.645 bits per heavy atom. The second-order valence-electron chi connectivity index (χ2n) is 7.15. The molecule has 0 N–H and O–H groups in total. The van der Waals surface area contributed by atoms with Crippen molar-refractivity contribution in [1.82, 2.24) is 0 Å². The van der Waals surface area contributed by atoms with E-state index in [4.69, 9.17) is 4.74 Å². The molecule has 0 amide bonds. The number of hydrogen-bond acceptors (Lipinski definition) is 1. The molecule has 0 aliphatic heterocycles. The van der Waals surface area contributed by atoms with Crippen LogP contribution in [-0.4, -0.2) is 0 Å². The minimum atomic E-state index is -1.50. The predicted molar refractivity (Wildman–Crippen MR) is 109 cm³/mol. The van der Waals surface area contributed by atoms with Gasteiger partial charge in [-0.05, 0) is 58.3 Å². The molecule has 6 heteroatoms. The number of ether oxygens (including phenoxy) is 1. The molecule has 0 heterocycles. The summed E-state index contributed by atoms with van der Waals surface area (Å²) in [6.07, 6.45) is 0.512. The van der Waals surface area contributed by atoms with Crippen molar-refractivity contribution in [2.45, 2.75) is 20.0 Å². The second kappa shape index (κ2) is 8.38. The Kier molecular flexibility index (Phi) is 5.63. The van der Waals surface area contributed by atoms with Gasteiger partial charge < -0.3 is 4.74 Å². The summed E-state index contributed by atoms with van der Waals surface area (Å²) >= 11 is 0. The topological polar surface area (TPSA) is 9.23 Å². The highest BCUT2D eigenvalue weighted by Crippen LogP contribution is 2.29. The van der Waals surface area contributed by atoms with Crippen LogP contribution in [0.4, 0.5) is 22.0 Å². The smallest absolute Gasteiger partial charge is 0.195 e. The van der Waals surface area contributed by atoms with Crippen LogP contribution in [0.25, 0.3) is 21.9 Å². The van der Waals surface area contributed by atoms with Gasteiger partial charge in [0.25, 0.3) is 0 Å². The van der Waals surface area contributed by atoms with Crippen molar-refractivity contribution in [2.75, 3.05) is 0 Å². The second-order valence-corrected chi connectivity index (χ2v) is 7.15. The molecule has 4 rings (SSSR count). The SMILES string of the molecule is CCc1cc(F)c(OCc2ccc(-c3ccc4c(F)c(F)c(F)cc4c3)cc2)c(F)c1. The maximum Gasteiger partial charge on any atom is 0.195 e. The van der Waals surface area contributed by atoms with Crippen molar-refractivity contribution in [3.8, 4) is 16.9 Å². The number of benzene rings is 4. The van der Waals surface area contributed by atoms with Gasteiger partial charge in [-0.15, -0.1) is 0 Å². The van der Waals surface area contributed by atoms with E-state index in [0.717, 1.165) is 11.6 Å². The first-order valence-electron chi connectivity index (χ1n) is 9.64. The molecule has 31 heavy (non-hydrogen) atoms. The third-order valence-electron chi connectivity index (χ3n) is 5.11. The molecule has 0 saturated heterocycles. The van der Waals surface area contributed by atoms with Crippen LogP contribution in [0.3, 0.4) is 0 Å². The van der Waals surface area contributed by atoms with E-state index in [1.165, 1.54) is 18.2 Å². The molecule has 0 aliphatic rings.